The Kier molecular flexibility index (Phi) is 7.19. The van der Waals surface area contributed by atoms with E-state index in [1.54, 1.807) is 6.92 Å². The lowest BCUT2D eigenvalue weighted by Gasteiger charge is -2.10. The lowest BCUT2D eigenvalue weighted by atomic mass is 10.0. The highest BCUT2D eigenvalue weighted by Gasteiger charge is 2.19. The van der Waals surface area contributed by atoms with E-state index in [0.29, 0.717) is 29.7 Å². The molecule has 0 bridgehead atoms. The van der Waals surface area contributed by atoms with Gasteiger partial charge in [-0.2, -0.15) is 5.10 Å². The number of hydrogen-bond acceptors (Lipinski definition) is 8. The Balaban J connectivity index is 1.82. The fourth-order valence-corrected chi connectivity index (χ4v) is 3.73. The van der Waals surface area contributed by atoms with Gasteiger partial charge in [-0.1, -0.05) is 23.8 Å². The highest BCUT2D eigenvalue weighted by Crippen LogP contribution is 2.34. The summed E-state index contributed by atoms with van der Waals surface area (Å²) in [5, 5.41) is 18.2. The molecule has 0 aliphatic rings. The van der Waals surface area contributed by atoms with Gasteiger partial charge in [-0.3, -0.25) is 15.5 Å². The lowest BCUT2D eigenvalue weighted by Crippen LogP contribution is -2.03. The Labute approximate surface area is 184 Å². The SMILES string of the molecule is CCOc1cc(OCC)c([N+](=O)[O-])cc1/C=N\Nc1nc(-c2ccc(C)cc2C)cs1. The summed E-state index contributed by atoms with van der Waals surface area (Å²) in [6.45, 7) is 8.44. The fourth-order valence-electron chi connectivity index (χ4n) is 3.07. The van der Waals surface area contributed by atoms with Gasteiger partial charge in [-0.15, -0.1) is 11.3 Å². The maximum absolute atomic E-state index is 11.4. The van der Waals surface area contributed by atoms with E-state index in [2.05, 4.69) is 47.6 Å². The number of benzene rings is 2. The number of nitrogens with zero attached hydrogens (tertiary/aromatic N) is 3. The molecule has 1 N–H and O–H groups in total. The first-order valence-electron chi connectivity index (χ1n) is 9.83. The Bertz CT molecular complexity index is 1110. The van der Waals surface area contributed by atoms with Crippen LogP contribution >= 0.6 is 11.3 Å². The summed E-state index contributed by atoms with van der Waals surface area (Å²) in [4.78, 5) is 15.5. The number of hydrogen-bond donors (Lipinski definition) is 1. The first-order valence-corrected chi connectivity index (χ1v) is 10.7. The molecule has 162 valence electrons. The minimum atomic E-state index is -0.484. The smallest absolute Gasteiger partial charge is 0.311 e. The molecule has 1 heterocycles. The first-order chi connectivity index (χ1) is 14.9. The Hall–Kier alpha value is -3.46. The number of rotatable bonds is 9. The molecule has 3 rings (SSSR count). The average Bonchev–Trinajstić information content (AvgIpc) is 3.18. The second kappa shape index (κ2) is 10.0. The number of nitro benzene ring substituents is 1. The van der Waals surface area contributed by atoms with Crippen molar-refractivity contribution in [3.63, 3.8) is 0 Å². The third-order valence-corrected chi connectivity index (χ3v) is 5.16. The van der Waals surface area contributed by atoms with Crippen molar-refractivity contribution in [2.24, 2.45) is 5.10 Å². The molecule has 0 fully saturated rings. The molecule has 0 aliphatic heterocycles. The van der Waals surface area contributed by atoms with E-state index in [4.69, 9.17) is 9.47 Å². The standard InChI is InChI=1S/C22H24N4O4S/c1-5-29-20-11-21(30-6-2)19(26(27)28)10-16(20)12-23-25-22-24-18(13-31-22)17-8-7-14(3)9-15(17)4/h7-13H,5-6H2,1-4H3,(H,24,25)/b23-12-. The Morgan fingerprint density at radius 3 is 2.58 bits per heavy atom. The Morgan fingerprint density at radius 1 is 1.16 bits per heavy atom. The molecule has 0 saturated heterocycles. The van der Waals surface area contributed by atoms with E-state index in [-0.39, 0.29) is 11.4 Å². The highest BCUT2D eigenvalue weighted by atomic mass is 32.1. The first kappa shape index (κ1) is 22.2. The summed E-state index contributed by atoms with van der Waals surface area (Å²) in [6.07, 6.45) is 1.48. The van der Waals surface area contributed by atoms with Crippen molar-refractivity contribution in [2.75, 3.05) is 18.6 Å². The highest BCUT2D eigenvalue weighted by molar-refractivity contribution is 7.14. The summed E-state index contributed by atoms with van der Waals surface area (Å²) in [5.41, 5.74) is 7.52. The van der Waals surface area contributed by atoms with Crippen LogP contribution in [0.5, 0.6) is 11.5 Å². The molecular formula is C22H24N4O4S. The van der Waals surface area contributed by atoms with Crippen LogP contribution in [0.2, 0.25) is 0 Å². The predicted molar refractivity (Wildman–Crippen MR) is 124 cm³/mol. The van der Waals surface area contributed by atoms with Crippen molar-refractivity contribution in [3.05, 3.63) is 62.5 Å². The molecule has 8 nitrogen and oxygen atoms in total. The van der Waals surface area contributed by atoms with Gasteiger partial charge in [0, 0.05) is 28.6 Å². The molecule has 9 heteroatoms. The van der Waals surface area contributed by atoms with Crippen LogP contribution < -0.4 is 14.9 Å². The van der Waals surface area contributed by atoms with E-state index < -0.39 is 4.92 Å². The van der Waals surface area contributed by atoms with Crippen molar-refractivity contribution in [3.8, 4) is 22.8 Å². The monoisotopic (exact) mass is 440 g/mol. The van der Waals surface area contributed by atoms with E-state index in [0.717, 1.165) is 16.8 Å². The number of nitro groups is 1. The number of anilines is 1. The second-order valence-corrected chi connectivity index (χ2v) is 7.57. The van der Waals surface area contributed by atoms with Crippen LogP contribution in [0.3, 0.4) is 0 Å². The van der Waals surface area contributed by atoms with Crippen molar-refractivity contribution in [1.29, 1.82) is 0 Å². The molecular weight excluding hydrogens is 416 g/mol. The van der Waals surface area contributed by atoms with Crippen molar-refractivity contribution in [2.45, 2.75) is 27.7 Å². The van der Waals surface area contributed by atoms with Gasteiger partial charge in [0.25, 0.3) is 0 Å². The third kappa shape index (κ3) is 5.37. The molecule has 0 spiro atoms. The van der Waals surface area contributed by atoms with Gasteiger partial charge in [-0.25, -0.2) is 4.98 Å². The molecule has 0 atom stereocenters. The molecule has 0 unspecified atom stereocenters. The van der Waals surface area contributed by atoms with Gasteiger partial charge in [0.1, 0.15) is 5.75 Å². The number of aromatic nitrogens is 1. The summed E-state index contributed by atoms with van der Waals surface area (Å²) < 4.78 is 11.0. The molecule has 1 aromatic heterocycles. The van der Waals surface area contributed by atoms with Gasteiger partial charge in [0.2, 0.25) is 10.9 Å². The Morgan fingerprint density at radius 2 is 1.90 bits per heavy atom. The molecule has 0 aliphatic carbocycles. The van der Waals surface area contributed by atoms with Gasteiger partial charge in [0.15, 0.2) is 0 Å². The zero-order chi connectivity index (χ0) is 22.4. The summed E-state index contributed by atoms with van der Waals surface area (Å²) in [7, 11) is 0. The summed E-state index contributed by atoms with van der Waals surface area (Å²) in [6, 6.07) is 9.15. The second-order valence-electron chi connectivity index (χ2n) is 6.71. The van der Waals surface area contributed by atoms with Crippen LogP contribution in [0.4, 0.5) is 10.8 Å². The van der Waals surface area contributed by atoms with Crippen molar-refractivity contribution < 1.29 is 14.4 Å². The zero-order valence-corrected chi connectivity index (χ0v) is 18.7. The fraction of sp³-hybridized carbons (Fsp3) is 0.273. The van der Waals surface area contributed by atoms with Crippen LogP contribution in [0.15, 0.2) is 40.8 Å². The van der Waals surface area contributed by atoms with Gasteiger partial charge in [0.05, 0.1) is 30.0 Å². The number of thiazole rings is 1. The minimum Gasteiger partial charge on any atom is -0.493 e. The quantitative estimate of drug-likeness (QED) is 0.265. The van der Waals surface area contributed by atoms with E-state index in [1.807, 2.05) is 12.3 Å². The molecule has 2 aromatic carbocycles. The van der Waals surface area contributed by atoms with Crippen LogP contribution in [0, 0.1) is 24.0 Å². The maximum atomic E-state index is 11.4. The van der Waals surface area contributed by atoms with E-state index in [9.17, 15) is 10.1 Å². The van der Waals surface area contributed by atoms with Gasteiger partial charge in [-0.05, 0) is 33.3 Å². The molecule has 0 saturated carbocycles. The van der Waals surface area contributed by atoms with E-state index >= 15 is 0 Å². The van der Waals surface area contributed by atoms with E-state index in [1.165, 1.54) is 35.2 Å². The molecule has 31 heavy (non-hydrogen) atoms. The zero-order valence-electron chi connectivity index (χ0n) is 17.8. The number of ether oxygens (including phenoxy) is 2. The third-order valence-electron chi connectivity index (χ3n) is 4.41. The van der Waals surface area contributed by atoms with Crippen molar-refractivity contribution in [1.82, 2.24) is 4.98 Å². The van der Waals surface area contributed by atoms with Crippen LogP contribution in [0.1, 0.15) is 30.5 Å². The normalized spacial score (nSPS) is 11.0. The maximum Gasteiger partial charge on any atom is 0.311 e. The largest absolute Gasteiger partial charge is 0.493 e. The molecule has 3 aromatic rings. The topological polar surface area (TPSA) is 98.9 Å². The van der Waals surface area contributed by atoms with Crippen LogP contribution in [-0.2, 0) is 0 Å². The van der Waals surface area contributed by atoms with Gasteiger partial charge < -0.3 is 9.47 Å². The number of aryl methyl sites for hydroxylation is 2. The number of hydrazone groups is 1. The van der Waals surface area contributed by atoms with Crippen LogP contribution in [-0.4, -0.2) is 29.3 Å². The van der Waals surface area contributed by atoms with Gasteiger partial charge >= 0.3 is 5.69 Å². The molecule has 0 amide bonds. The molecule has 0 radical (unpaired) electrons. The number of nitrogens with one attached hydrogen (secondary N) is 1. The summed E-state index contributed by atoms with van der Waals surface area (Å²) in [5.74, 6) is 0.622. The lowest BCUT2D eigenvalue weighted by molar-refractivity contribution is -0.385. The minimum absolute atomic E-state index is 0.141. The average molecular weight is 441 g/mol. The van der Waals surface area contributed by atoms with Crippen molar-refractivity contribution >= 4 is 28.4 Å². The predicted octanol–water partition coefficient (Wildman–Crippen LogP) is 5.58. The summed E-state index contributed by atoms with van der Waals surface area (Å²) >= 11 is 1.43. The van der Waals surface area contributed by atoms with Crippen LogP contribution in [0.25, 0.3) is 11.3 Å².